The Hall–Kier alpha value is -2.33. The zero-order valence-electron chi connectivity index (χ0n) is 10.5. The second-order valence-electron chi connectivity index (χ2n) is 4.08. The molecule has 0 radical (unpaired) electrons. The first-order valence-electron chi connectivity index (χ1n) is 5.77. The van der Waals surface area contributed by atoms with E-state index in [0.717, 1.165) is 16.7 Å². The van der Waals surface area contributed by atoms with Crippen LogP contribution >= 0.6 is 0 Å². The molecule has 0 atom stereocenters. The average Bonchev–Trinajstić information content (AvgIpc) is 2.46. The van der Waals surface area contributed by atoms with Crippen molar-refractivity contribution in [2.24, 2.45) is 0 Å². The summed E-state index contributed by atoms with van der Waals surface area (Å²) < 4.78 is 5.09. The maximum atomic E-state index is 11.0. The number of hydrogen-bond acceptors (Lipinski definition) is 3. The van der Waals surface area contributed by atoms with Crippen LogP contribution in [-0.4, -0.2) is 23.3 Å². The predicted molar refractivity (Wildman–Crippen MR) is 71.3 cm³/mol. The summed E-state index contributed by atoms with van der Waals surface area (Å²) in [4.78, 5) is 11.0. The van der Waals surface area contributed by atoms with Gasteiger partial charge in [0.05, 0.1) is 13.7 Å². The Balaban J connectivity index is 2.42. The topological polar surface area (TPSA) is 66.8 Å². The van der Waals surface area contributed by atoms with Crippen LogP contribution in [0.2, 0.25) is 0 Å². The first kappa shape index (κ1) is 13.1. The maximum absolute atomic E-state index is 11.0. The third-order valence-corrected chi connectivity index (χ3v) is 2.90. The minimum absolute atomic E-state index is 0.00154. The molecule has 0 saturated carbocycles. The molecule has 0 fully saturated rings. The van der Waals surface area contributed by atoms with E-state index in [1.54, 1.807) is 12.1 Å². The normalized spacial score (nSPS) is 10.2. The molecule has 2 N–H and O–H groups in total. The van der Waals surface area contributed by atoms with E-state index < -0.39 is 5.97 Å². The molecule has 0 aliphatic heterocycles. The van der Waals surface area contributed by atoms with E-state index in [-0.39, 0.29) is 12.2 Å². The highest BCUT2D eigenvalue weighted by atomic mass is 16.5. The van der Waals surface area contributed by atoms with Gasteiger partial charge in [-0.2, -0.15) is 0 Å². The summed E-state index contributed by atoms with van der Waals surface area (Å²) in [5, 5.41) is 18.0. The number of carboxylic acids is 1. The third-order valence-electron chi connectivity index (χ3n) is 2.90. The molecule has 0 unspecified atom stereocenters. The number of ether oxygens (including phenoxy) is 1. The Labute approximate surface area is 110 Å². The number of benzene rings is 2. The van der Waals surface area contributed by atoms with Gasteiger partial charge in [0.1, 0.15) is 11.3 Å². The summed E-state index contributed by atoms with van der Waals surface area (Å²) in [6, 6.07) is 12.4. The molecule has 2 aromatic carbocycles. The molecule has 0 amide bonds. The molecular weight excluding hydrogens is 244 g/mol. The monoisotopic (exact) mass is 258 g/mol. The quantitative estimate of drug-likeness (QED) is 0.884. The summed E-state index contributed by atoms with van der Waals surface area (Å²) in [6.07, 6.45) is 0. The minimum Gasteiger partial charge on any atom is -0.496 e. The molecule has 0 spiro atoms. The Morgan fingerprint density at radius 2 is 1.74 bits per heavy atom. The molecule has 0 bridgehead atoms. The highest BCUT2D eigenvalue weighted by molar-refractivity contribution is 5.92. The molecule has 0 aliphatic rings. The highest BCUT2D eigenvalue weighted by Crippen LogP contribution is 2.27. The number of hydrogen-bond donors (Lipinski definition) is 2. The van der Waals surface area contributed by atoms with Crippen molar-refractivity contribution in [3.8, 4) is 16.9 Å². The van der Waals surface area contributed by atoms with Gasteiger partial charge in [-0.1, -0.05) is 30.3 Å². The Morgan fingerprint density at radius 1 is 1.11 bits per heavy atom. The van der Waals surface area contributed by atoms with Crippen LogP contribution in [0.3, 0.4) is 0 Å². The van der Waals surface area contributed by atoms with Crippen molar-refractivity contribution in [1.82, 2.24) is 0 Å². The predicted octanol–water partition coefficient (Wildman–Crippen LogP) is 2.55. The van der Waals surface area contributed by atoms with E-state index >= 15 is 0 Å². The number of rotatable bonds is 4. The molecule has 0 saturated heterocycles. The van der Waals surface area contributed by atoms with Gasteiger partial charge in [-0.05, 0) is 28.8 Å². The van der Waals surface area contributed by atoms with Gasteiger partial charge in [0, 0.05) is 0 Å². The van der Waals surface area contributed by atoms with Crippen molar-refractivity contribution < 1.29 is 19.7 Å². The molecule has 19 heavy (non-hydrogen) atoms. The number of carboxylic acid groups (broad SMARTS) is 1. The molecule has 2 rings (SSSR count). The van der Waals surface area contributed by atoms with Gasteiger partial charge in [-0.25, -0.2) is 4.79 Å². The Morgan fingerprint density at radius 3 is 2.26 bits per heavy atom. The number of carbonyl (C=O) groups is 1. The van der Waals surface area contributed by atoms with Gasteiger partial charge < -0.3 is 14.9 Å². The molecule has 4 nitrogen and oxygen atoms in total. The van der Waals surface area contributed by atoms with Crippen LogP contribution in [0.5, 0.6) is 5.75 Å². The number of aliphatic hydroxyl groups is 1. The second kappa shape index (κ2) is 5.54. The maximum Gasteiger partial charge on any atom is 0.339 e. The van der Waals surface area contributed by atoms with E-state index in [9.17, 15) is 4.79 Å². The lowest BCUT2D eigenvalue weighted by molar-refractivity contribution is 0.0693. The lowest BCUT2D eigenvalue weighted by atomic mass is 10.0. The molecule has 0 aliphatic carbocycles. The van der Waals surface area contributed by atoms with Crippen LogP contribution in [0.1, 0.15) is 15.9 Å². The lowest BCUT2D eigenvalue weighted by Crippen LogP contribution is -2.00. The standard InChI is InChI=1S/C15H14O4/c1-19-14-8-12(6-7-13(14)15(17)18)11-4-2-10(9-16)3-5-11/h2-8,16H,9H2,1H3,(H,17,18). The molecule has 98 valence electrons. The van der Waals surface area contributed by atoms with Crippen molar-refractivity contribution in [3.05, 3.63) is 53.6 Å². The fourth-order valence-corrected chi connectivity index (χ4v) is 1.85. The van der Waals surface area contributed by atoms with Crippen molar-refractivity contribution in [3.63, 3.8) is 0 Å². The van der Waals surface area contributed by atoms with Crippen LogP contribution in [-0.2, 0) is 6.61 Å². The zero-order valence-corrected chi connectivity index (χ0v) is 10.5. The minimum atomic E-state index is -1.01. The van der Waals surface area contributed by atoms with E-state index in [1.165, 1.54) is 13.2 Å². The largest absolute Gasteiger partial charge is 0.496 e. The molecular formula is C15H14O4. The fraction of sp³-hybridized carbons (Fsp3) is 0.133. The number of aromatic carboxylic acids is 1. The summed E-state index contributed by atoms with van der Waals surface area (Å²) >= 11 is 0. The Bertz CT molecular complexity index is 588. The van der Waals surface area contributed by atoms with Crippen molar-refractivity contribution in [1.29, 1.82) is 0 Å². The summed E-state index contributed by atoms with van der Waals surface area (Å²) in [5.74, 6) is -0.685. The smallest absolute Gasteiger partial charge is 0.339 e. The van der Waals surface area contributed by atoms with Crippen LogP contribution in [0.25, 0.3) is 11.1 Å². The average molecular weight is 258 g/mol. The number of aliphatic hydroxyl groups excluding tert-OH is 1. The molecule has 0 heterocycles. The SMILES string of the molecule is COc1cc(-c2ccc(CO)cc2)ccc1C(=O)O. The highest BCUT2D eigenvalue weighted by Gasteiger charge is 2.11. The third kappa shape index (κ3) is 2.74. The van der Waals surface area contributed by atoms with E-state index in [4.69, 9.17) is 14.9 Å². The van der Waals surface area contributed by atoms with Crippen LogP contribution in [0.4, 0.5) is 0 Å². The second-order valence-corrected chi connectivity index (χ2v) is 4.08. The van der Waals surface area contributed by atoms with Crippen molar-refractivity contribution in [2.75, 3.05) is 7.11 Å². The first-order chi connectivity index (χ1) is 9.15. The zero-order chi connectivity index (χ0) is 13.8. The molecule has 4 heteroatoms. The van der Waals surface area contributed by atoms with Gasteiger partial charge >= 0.3 is 5.97 Å². The van der Waals surface area contributed by atoms with Gasteiger partial charge in [-0.3, -0.25) is 0 Å². The lowest BCUT2D eigenvalue weighted by Gasteiger charge is -2.08. The fourth-order valence-electron chi connectivity index (χ4n) is 1.85. The first-order valence-corrected chi connectivity index (χ1v) is 5.77. The van der Waals surface area contributed by atoms with E-state index in [2.05, 4.69) is 0 Å². The van der Waals surface area contributed by atoms with Crippen LogP contribution in [0.15, 0.2) is 42.5 Å². The van der Waals surface area contributed by atoms with E-state index in [1.807, 2.05) is 24.3 Å². The molecule has 2 aromatic rings. The van der Waals surface area contributed by atoms with Gasteiger partial charge in [0.25, 0.3) is 0 Å². The summed E-state index contributed by atoms with van der Waals surface area (Å²) in [5.41, 5.74) is 2.77. The Kier molecular flexibility index (Phi) is 3.82. The number of methoxy groups -OCH3 is 1. The summed E-state index contributed by atoms with van der Waals surface area (Å²) in [6.45, 7) is 0.00154. The van der Waals surface area contributed by atoms with Crippen LogP contribution < -0.4 is 4.74 Å². The van der Waals surface area contributed by atoms with Gasteiger partial charge in [0.15, 0.2) is 0 Å². The molecule has 0 aromatic heterocycles. The van der Waals surface area contributed by atoms with E-state index in [0.29, 0.717) is 5.75 Å². The van der Waals surface area contributed by atoms with Crippen LogP contribution in [0, 0.1) is 0 Å². The van der Waals surface area contributed by atoms with Gasteiger partial charge in [-0.15, -0.1) is 0 Å². The van der Waals surface area contributed by atoms with Gasteiger partial charge in [0.2, 0.25) is 0 Å². The summed E-state index contributed by atoms with van der Waals surface area (Å²) in [7, 11) is 1.44. The van der Waals surface area contributed by atoms with Crippen molar-refractivity contribution >= 4 is 5.97 Å². The van der Waals surface area contributed by atoms with Crippen molar-refractivity contribution in [2.45, 2.75) is 6.61 Å².